The van der Waals surface area contributed by atoms with Crippen LogP contribution in [0.5, 0.6) is 0 Å². The number of anilines is 2. The molecule has 0 aliphatic rings. The Kier molecular flexibility index (Phi) is 5.48. The third-order valence-corrected chi connectivity index (χ3v) is 2.35. The van der Waals surface area contributed by atoms with Gasteiger partial charge in [-0.3, -0.25) is 0 Å². The van der Waals surface area contributed by atoms with Crippen LogP contribution in [0.15, 0.2) is 6.07 Å². The summed E-state index contributed by atoms with van der Waals surface area (Å²) in [7, 11) is 2.90. The summed E-state index contributed by atoms with van der Waals surface area (Å²) in [5.74, 6) is 3.59. The minimum Gasteiger partial charge on any atom is -0.389 e. The Bertz CT molecular complexity index is 443. The number of aliphatic hydroxyl groups excluding tert-OH is 1. The first-order valence-electron chi connectivity index (χ1n) is 5.59. The van der Waals surface area contributed by atoms with Gasteiger partial charge in [0, 0.05) is 26.8 Å². The van der Waals surface area contributed by atoms with Gasteiger partial charge in [0.2, 0.25) is 5.82 Å². The van der Waals surface area contributed by atoms with E-state index in [0.717, 1.165) is 0 Å². The van der Waals surface area contributed by atoms with Gasteiger partial charge in [0.25, 0.3) is 0 Å². The smallest absolute Gasteiger partial charge is 0.389 e. The number of ether oxygens (including phenoxy) is 1. The molecule has 1 heterocycles. The van der Waals surface area contributed by atoms with Gasteiger partial charge in [-0.05, 0) is 0 Å². The summed E-state index contributed by atoms with van der Waals surface area (Å²) in [6, 6.07) is 1.24. The molecule has 114 valence electrons. The lowest BCUT2D eigenvalue weighted by Gasteiger charge is -2.22. The van der Waals surface area contributed by atoms with Crippen LogP contribution < -0.4 is 16.2 Å². The maximum Gasteiger partial charge on any atom is 0.451 e. The molecule has 0 spiro atoms. The molecule has 0 bridgehead atoms. The van der Waals surface area contributed by atoms with E-state index in [4.69, 9.17) is 10.6 Å². The van der Waals surface area contributed by atoms with E-state index in [9.17, 15) is 18.3 Å². The van der Waals surface area contributed by atoms with Crippen LogP contribution in [0.3, 0.4) is 0 Å². The van der Waals surface area contributed by atoms with Gasteiger partial charge < -0.3 is 20.2 Å². The lowest BCUT2D eigenvalue weighted by Crippen LogP contribution is -2.33. The highest BCUT2D eigenvalue weighted by Crippen LogP contribution is 2.28. The SMILES string of the molecule is COCC(O)CN(C)c1cc(NN)nc(C(F)(F)F)n1. The number of hydrogen-bond acceptors (Lipinski definition) is 7. The number of methoxy groups -OCH3 is 1. The van der Waals surface area contributed by atoms with Crippen molar-refractivity contribution in [1.82, 2.24) is 9.97 Å². The largest absolute Gasteiger partial charge is 0.451 e. The first kappa shape index (κ1) is 16.4. The lowest BCUT2D eigenvalue weighted by atomic mass is 10.3. The Morgan fingerprint density at radius 1 is 1.50 bits per heavy atom. The maximum atomic E-state index is 12.6. The molecule has 0 saturated carbocycles. The van der Waals surface area contributed by atoms with Crippen molar-refractivity contribution in [1.29, 1.82) is 0 Å². The standard InChI is InChI=1S/C10H16F3N5O2/c1-18(4-6(19)5-20-2)8-3-7(17-14)15-9(16-8)10(11,12)13/h3,6,19H,4-5,14H2,1-2H3,(H,15,16,17). The zero-order valence-electron chi connectivity index (χ0n) is 11.0. The van der Waals surface area contributed by atoms with Gasteiger partial charge in [-0.2, -0.15) is 13.2 Å². The molecule has 1 atom stereocenters. The average Bonchev–Trinajstić information content (AvgIpc) is 2.37. The van der Waals surface area contributed by atoms with Crippen LogP contribution in [-0.2, 0) is 10.9 Å². The number of alkyl halides is 3. The predicted molar refractivity (Wildman–Crippen MR) is 66.0 cm³/mol. The highest BCUT2D eigenvalue weighted by molar-refractivity contribution is 5.48. The Morgan fingerprint density at radius 2 is 2.15 bits per heavy atom. The highest BCUT2D eigenvalue weighted by Gasteiger charge is 2.35. The van der Waals surface area contributed by atoms with Crippen LogP contribution in [-0.4, -0.2) is 48.5 Å². The normalized spacial score (nSPS) is 13.2. The molecule has 1 aromatic rings. The molecular weight excluding hydrogens is 279 g/mol. The molecule has 0 aromatic carbocycles. The monoisotopic (exact) mass is 295 g/mol. The molecular formula is C10H16F3N5O2. The summed E-state index contributed by atoms with van der Waals surface area (Å²) in [4.78, 5) is 7.99. The Labute approximate surface area is 113 Å². The van der Waals surface area contributed by atoms with Crippen molar-refractivity contribution >= 4 is 11.6 Å². The minimum atomic E-state index is -4.69. The van der Waals surface area contributed by atoms with Crippen molar-refractivity contribution in [3.63, 3.8) is 0 Å². The molecule has 0 aliphatic heterocycles. The summed E-state index contributed by atoms with van der Waals surface area (Å²) >= 11 is 0. The summed E-state index contributed by atoms with van der Waals surface area (Å²) in [5.41, 5.74) is 2.05. The van der Waals surface area contributed by atoms with E-state index in [1.165, 1.54) is 25.1 Å². The number of hydrogen-bond donors (Lipinski definition) is 3. The number of nitrogen functional groups attached to an aromatic ring is 1. The summed E-state index contributed by atoms with van der Waals surface area (Å²) < 4.78 is 42.7. The molecule has 0 fully saturated rings. The van der Waals surface area contributed by atoms with Crippen LogP contribution in [0.4, 0.5) is 24.8 Å². The molecule has 1 aromatic heterocycles. The number of aromatic nitrogens is 2. The molecule has 0 aliphatic carbocycles. The fraction of sp³-hybridized carbons (Fsp3) is 0.600. The van der Waals surface area contributed by atoms with E-state index in [0.29, 0.717) is 0 Å². The van der Waals surface area contributed by atoms with Gasteiger partial charge in [0.15, 0.2) is 0 Å². The number of rotatable bonds is 6. The number of likely N-dealkylation sites (N-methyl/N-ethyl adjacent to an activating group) is 1. The Morgan fingerprint density at radius 3 is 2.65 bits per heavy atom. The zero-order chi connectivity index (χ0) is 15.3. The average molecular weight is 295 g/mol. The summed E-state index contributed by atoms with van der Waals surface area (Å²) in [6.07, 6.45) is -5.54. The van der Waals surface area contributed by atoms with Crippen molar-refractivity contribution in [2.24, 2.45) is 5.84 Å². The topological polar surface area (TPSA) is 96.5 Å². The van der Waals surface area contributed by atoms with Crippen LogP contribution in [0.25, 0.3) is 0 Å². The molecule has 0 saturated heterocycles. The molecule has 1 unspecified atom stereocenters. The van der Waals surface area contributed by atoms with E-state index in [2.05, 4.69) is 9.97 Å². The van der Waals surface area contributed by atoms with Gasteiger partial charge >= 0.3 is 6.18 Å². The first-order valence-corrected chi connectivity index (χ1v) is 5.59. The van der Waals surface area contributed by atoms with Crippen molar-refractivity contribution in [2.45, 2.75) is 12.3 Å². The Balaban J connectivity index is 2.99. The molecule has 4 N–H and O–H groups in total. The van der Waals surface area contributed by atoms with E-state index in [1.807, 2.05) is 5.43 Å². The second-order valence-electron chi connectivity index (χ2n) is 4.07. The third-order valence-electron chi connectivity index (χ3n) is 2.35. The van der Waals surface area contributed by atoms with Crippen molar-refractivity contribution in [2.75, 3.05) is 37.6 Å². The van der Waals surface area contributed by atoms with Crippen molar-refractivity contribution in [3.05, 3.63) is 11.9 Å². The maximum absolute atomic E-state index is 12.6. The van der Waals surface area contributed by atoms with E-state index in [-0.39, 0.29) is 24.8 Å². The van der Waals surface area contributed by atoms with Crippen LogP contribution in [0, 0.1) is 0 Å². The number of nitrogens with two attached hydrogens (primary N) is 1. The number of nitrogens with one attached hydrogen (secondary N) is 1. The van der Waals surface area contributed by atoms with Crippen LogP contribution in [0.2, 0.25) is 0 Å². The molecule has 10 heteroatoms. The molecule has 1 rings (SSSR count). The van der Waals surface area contributed by atoms with Gasteiger partial charge in [-0.1, -0.05) is 0 Å². The number of nitrogens with zero attached hydrogens (tertiary/aromatic N) is 3. The van der Waals surface area contributed by atoms with Gasteiger partial charge in [0.1, 0.15) is 11.6 Å². The number of halogens is 3. The van der Waals surface area contributed by atoms with Crippen LogP contribution in [0.1, 0.15) is 5.82 Å². The fourth-order valence-corrected chi connectivity index (χ4v) is 1.49. The van der Waals surface area contributed by atoms with E-state index in [1.54, 1.807) is 0 Å². The third kappa shape index (κ3) is 4.47. The molecule has 20 heavy (non-hydrogen) atoms. The summed E-state index contributed by atoms with van der Waals surface area (Å²) in [6.45, 7) is 0.107. The quantitative estimate of drug-likeness (QED) is 0.510. The predicted octanol–water partition coefficient (Wildman–Crippen LogP) is 0.224. The minimum absolute atomic E-state index is 0.0181. The zero-order valence-corrected chi connectivity index (χ0v) is 11.0. The number of hydrazine groups is 1. The first-order chi connectivity index (χ1) is 9.27. The van der Waals surface area contributed by atoms with Gasteiger partial charge in [0.05, 0.1) is 12.7 Å². The second kappa shape index (κ2) is 6.68. The molecule has 7 nitrogen and oxygen atoms in total. The van der Waals surface area contributed by atoms with Gasteiger partial charge in [-0.25, -0.2) is 15.8 Å². The van der Waals surface area contributed by atoms with Crippen molar-refractivity contribution < 1.29 is 23.0 Å². The van der Waals surface area contributed by atoms with Gasteiger partial charge in [-0.15, -0.1) is 0 Å². The van der Waals surface area contributed by atoms with E-state index < -0.39 is 18.1 Å². The molecule has 0 amide bonds. The van der Waals surface area contributed by atoms with E-state index >= 15 is 0 Å². The summed E-state index contributed by atoms with van der Waals surface area (Å²) in [5, 5.41) is 9.56. The van der Waals surface area contributed by atoms with Crippen LogP contribution >= 0.6 is 0 Å². The lowest BCUT2D eigenvalue weighted by molar-refractivity contribution is -0.144. The Hall–Kier alpha value is -1.65. The van der Waals surface area contributed by atoms with Crippen molar-refractivity contribution in [3.8, 4) is 0 Å². The molecule has 0 radical (unpaired) electrons. The second-order valence-corrected chi connectivity index (χ2v) is 4.07. The highest BCUT2D eigenvalue weighted by atomic mass is 19.4. The number of aliphatic hydroxyl groups is 1. The fourth-order valence-electron chi connectivity index (χ4n) is 1.49.